The lowest BCUT2D eigenvalue weighted by molar-refractivity contribution is 0.239. The van der Waals surface area contributed by atoms with Gasteiger partial charge in [-0.05, 0) is 33.1 Å². The maximum absolute atomic E-state index is 8.67. The van der Waals surface area contributed by atoms with Crippen LogP contribution in [0.3, 0.4) is 0 Å². The molecular weight excluding hydrogens is 230 g/mol. The molecule has 0 aromatic heterocycles. The van der Waals surface area contributed by atoms with Gasteiger partial charge in [0.1, 0.15) is 11.5 Å². The molecule has 0 aliphatic heterocycles. The number of ether oxygens (including phenoxy) is 2. The topological polar surface area (TPSA) is 64.7 Å². The third kappa shape index (κ3) is 5.77. The van der Waals surface area contributed by atoms with Crippen molar-refractivity contribution in [3.63, 3.8) is 0 Å². The number of unbranched alkanes of at least 4 members (excludes halogenated alkanes) is 2. The molecule has 3 N–H and O–H groups in total. The molecule has 0 aliphatic rings. The zero-order valence-corrected chi connectivity index (χ0v) is 11.2. The highest BCUT2D eigenvalue weighted by Crippen LogP contribution is 2.25. The Morgan fingerprint density at radius 2 is 1.83 bits per heavy atom. The summed E-state index contributed by atoms with van der Waals surface area (Å²) in [6, 6.07) is 5.43. The van der Waals surface area contributed by atoms with E-state index in [0.717, 1.165) is 30.8 Å². The lowest BCUT2D eigenvalue weighted by atomic mass is 10.2. The molecule has 102 valence electrons. The fourth-order valence-corrected chi connectivity index (χ4v) is 1.60. The van der Waals surface area contributed by atoms with Crippen LogP contribution in [0.1, 0.15) is 33.1 Å². The maximum atomic E-state index is 8.67. The summed E-state index contributed by atoms with van der Waals surface area (Å²) in [4.78, 5) is 0. The van der Waals surface area contributed by atoms with Crippen LogP contribution in [0.2, 0.25) is 0 Å². The van der Waals surface area contributed by atoms with E-state index in [0.29, 0.717) is 12.3 Å². The van der Waals surface area contributed by atoms with Crippen molar-refractivity contribution in [1.29, 1.82) is 0 Å². The summed E-state index contributed by atoms with van der Waals surface area (Å²) in [6.07, 6.45) is 2.83. The number of nitrogens with two attached hydrogens (primary N) is 1. The van der Waals surface area contributed by atoms with Crippen molar-refractivity contribution in [1.82, 2.24) is 0 Å². The van der Waals surface area contributed by atoms with Crippen LogP contribution >= 0.6 is 0 Å². The van der Waals surface area contributed by atoms with E-state index in [1.54, 1.807) is 12.1 Å². The van der Waals surface area contributed by atoms with Gasteiger partial charge in [0.25, 0.3) is 0 Å². The average Bonchev–Trinajstić information content (AvgIpc) is 2.27. The van der Waals surface area contributed by atoms with Gasteiger partial charge in [-0.2, -0.15) is 0 Å². The highest BCUT2D eigenvalue weighted by Gasteiger charge is 2.03. The first-order valence-corrected chi connectivity index (χ1v) is 6.42. The van der Waals surface area contributed by atoms with Crippen LogP contribution in [0.4, 0.5) is 5.69 Å². The Morgan fingerprint density at radius 1 is 1.11 bits per heavy atom. The molecule has 0 amide bonds. The fraction of sp³-hybridized carbons (Fsp3) is 0.571. The average molecular weight is 253 g/mol. The summed E-state index contributed by atoms with van der Waals surface area (Å²) in [5, 5.41) is 8.67. The van der Waals surface area contributed by atoms with Gasteiger partial charge in [-0.15, -0.1) is 0 Å². The number of rotatable bonds is 8. The van der Waals surface area contributed by atoms with Crippen molar-refractivity contribution < 1.29 is 14.6 Å². The predicted molar refractivity (Wildman–Crippen MR) is 73.1 cm³/mol. The minimum Gasteiger partial charge on any atom is -0.493 e. The Hall–Kier alpha value is -1.42. The van der Waals surface area contributed by atoms with Crippen LogP contribution in [-0.2, 0) is 0 Å². The summed E-state index contributed by atoms with van der Waals surface area (Å²) >= 11 is 0. The van der Waals surface area contributed by atoms with Crippen LogP contribution in [-0.4, -0.2) is 24.4 Å². The third-order valence-electron chi connectivity index (χ3n) is 2.35. The van der Waals surface area contributed by atoms with E-state index in [9.17, 15) is 0 Å². The van der Waals surface area contributed by atoms with Gasteiger partial charge in [-0.1, -0.05) is 0 Å². The molecule has 0 heterocycles. The molecule has 0 fully saturated rings. The molecule has 18 heavy (non-hydrogen) atoms. The van der Waals surface area contributed by atoms with Crippen molar-refractivity contribution in [2.45, 2.75) is 39.2 Å². The van der Waals surface area contributed by atoms with E-state index in [2.05, 4.69) is 0 Å². The predicted octanol–water partition coefficient (Wildman–Crippen LogP) is 2.60. The Balaban J connectivity index is 2.46. The number of nitrogen functional groups attached to an aromatic ring is 1. The van der Waals surface area contributed by atoms with Gasteiger partial charge in [-0.25, -0.2) is 0 Å². The van der Waals surface area contributed by atoms with E-state index in [1.807, 2.05) is 19.9 Å². The zero-order valence-electron chi connectivity index (χ0n) is 11.2. The number of benzene rings is 1. The SMILES string of the molecule is CC(C)Oc1cc(N)cc(OCCCCCO)c1. The molecule has 0 unspecified atom stereocenters. The maximum Gasteiger partial charge on any atom is 0.125 e. The molecule has 0 spiro atoms. The van der Waals surface area contributed by atoms with Gasteiger partial charge in [0.05, 0.1) is 12.7 Å². The van der Waals surface area contributed by atoms with E-state index < -0.39 is 0 Å². The molecule has 0 saturated carbocycles. The zero-order chi connectivity index (χ0) is 13.4. The normalized spacial score (nSPS) is 10.7. The highest BCUT2D eigenvalue weighted by atomic mass is 16.5. The van der Waals surface area contributed by atoms with E-state index >= 15 is 0 Å². The number of hydrogen-bond donors (Lipinski definition) is 2. The molecule has 1 aromatic carbocycles. The molecule has 0 saturated heterocycles. The first-order valence-electron chi connectivity index (χ1n) is 6.42. The molecule has 0 radical (unpaired) electrons. The third-order valence-corrected chi connectivity index (χ3v) is 2.35. The van der Waals surface area contributed by atoms with Gasteiger partial charge < -0.3 is 20.3 Å². The first-order chi connectivity index (χ1) is 8.61. The summed E-state index contributed by atoms with van der Waals surface area (Å²) in [5.74, 6) is 1.46. The van der Waals surface area contributed by atoms with Gasteiger partial charge >= 0.3 is 0 Å². The van der Waals surface area contributed by atoms with Crippen molar-refractivity contribution in [2.75, 3.05) is 18.9 Å². The van der Waals surface area contributed by atoms with Crippen LogP contribution < -0.4 is 15.2 Å². The molecule has 1 aromatic rings. The lowest BCUT2D eigenvalue weighted by Crippen LogP contribution is -2.06. The molecule has 0 aliphatic carbocycles. The second-order valence-electron chi connectivity index (χ2n) is 4.54. The molecule has 1 rings (SSSR count). The number of aliphatic hydroxyl groups is 1. The van der Waals surface area contributed by atoms with Crippen LogP contribution in [0.15, 0.2) is 18.2 Å². The summed E-state index contributed by atoms with van der Waals surface area (Å²) in [7, 11) is 0. The molecular formula is C14H23NO3. The van der Waals surface area contributed by atoms with Gasteiger partial charge in [0, 0.05) is 30.5 Å². The number of anilines is 1. The highest BCUT2D eigenvalue weighted by molar-refractivity contribution is 5.50. The van der Waals surface area contributed by atoms with Crippen molar-refractivity contribution in [2.24, 2.45) is 0 Å². The Labute approximate surface area is 109 Å². The second kappa shape index (κ2) is 7.82. The smallest absolute Gasteiger partial charge is 0.125 e. The number of aliphatic hydroxyl groups excluding tert-OH is 1. The first kappa shape index (κ1) is 14.6. The molecule has 0 bridgehead atoms. The van der Waals surface area contributed by atoms with Crippen LogP contribution in [0.25, 0.3) is 0 Å². The summed E-state index contributed by atoms with van der Waals surface area (Å²) in [6.45, 7) is 4.81. The lowest BCUT2D eigenvalue weighted by Gasteiger charge is -2.13. The van der Waals surface area contributed by atoms with Crippen molar-refractivity contribution >= 4 is 5.69 Å². The van der Waals surface area contributed by atoms with Gasteiger partial charge in [-0.3, -0.25) is 0 Å². The van der Waals surface area contributed by atoms with E-state index in [4.69, 9.17) is 20.3 Å². The second-order valence-corrected chi connectivity index (χ2v) is 4.54. The van der Waals surface area contributed by atoms with Gasteiger partial charge in [0.2, 0.25) is 0 Å². The monoisotopic (exact) mass is 253 g/mol. The molecule has 0 atom stereocenters. The van der Waals surface area contributed by atoms with Crippen molar-refractivity contribution in [3.8, 4) is 11.5 Å². The summed E-state index contributed by atoms with van der Waals surface area (Å²) < 4.78 is 11.2. The number of hydrogen-bond acceptors (Lipinski definition) is 4. The molecule has 4 heteroatoms. The summed E-state index contributed by atoms with van der Waals surface area (Å²) in [5.41, 5.74) is 6.43. The molecule has 4 nitrogen and oxygen atoms in total. The quantitative estimate of drug-likeness (QED) is 0.552. The van der Waals surface area contributed by atoms with E-state index in [1.165, 1.54) is 0 Å². The Morgan fingerprint density at radius 3 is 2.50 bits per heavy atom. The van der Waals surface area contributed by atoms with Crippen LogP contribution in [0.5, 0.6) is 11.5 Å². The van der Waals surface area contributed by atoms with Gasteiger partial charge in [0.15, 0.2) is 0 Å². The Kier molecular flexibility index (Phi) is 6.36. The fourth-order valence-electron chi connectivity index (χ4n) is 1.60. The van der Waals surface area contributed by atoms with Crippen molar-refractivity contribution in [3.05, 3.63) is 18.2 Å². The minimum atomic E-state index is 0.115. The Bertz CT molecular complexity index is 353. The standard InChI is InChI=1S/C14H23NO3/c1-11(2)18-14-9-12(15)8-13(10-14)17-7-5-3-4-6-16/h8-11,16H,3-7,15H2,1-2H3. The minimum absolute atomic E-state index is 0.115. The van der Waals surface area contributed by atoms with E-state index in [-0.39, 0.29) is 12.7 Å². The van der Waals surface area contributed by atoms with Crippen LogP contribution in [0, 0.1) is 0 Å². The largest absolute Gasteiger partial charge is 0.493 e.